The second-order valence-corrected chi connectivity index (χ2v) is 3.39. The van der Waals surface area contributed by atoms with Crippen LogP contribution >= 0.6 is 0 Å². The fourth-order valence-electron chi connectivity index (χ4n) is 1.26. The first kappa shape index (κ1) is 17.2. The van der Waals surface area contributed by atoms with Gasteiger partial charge in [-0.25, -0.2) is 14.7 Å². The molecule has 0 saturated heterocycles. The van der Waals surface area contributed by atoms with Crippen molar-refractivity contribution in [2.24, 2.45) is 0 Å². The second kappa shape index (κ2) is 7.82. The lowest BCUT2D eigenvalue weighted by Crippen LogP contribution is -2.36. The summed E-state index contributed by atoms with van der Waals surface area (Å²) in [5, 5.41) is 21.2. The van der Waals surface area contributed by atoms with Gasteiger partial charge in [-0.2, -0.15) is 20.0 Å². The Morgan fingerprint density at radius 2 is 1.33 bits per heavy atom. The molecule has 0 bridgehead atoms. The Bertz CT molecular complexity index is 445. The number of aliphatic hydroxyl groups is 2. The van der Waals surface area contributed by atoms with Crippen molar-refractivity contribution in [3.63, 3.8) is 0 Å². The Balaban J connectivity index is 3.32. The number of hydrogen-bond acceptors (Lipinski definition) is 12. The third-order valence-electron chi connectivity index (χ3n) is 2.25. The van der Waals surface area contributed by atoms with Crippen LogP contribution in [-0.2, 0) is 19.4 Å². The predicted octanol–water partition coefficient (Wildman–Crippen LogP) is -1.57. The zero-order chi connectivity index (χ0) is 16.0. The summed E-state index contributed by atoms with van der Waals surface area (Å²) in [5.74, 6) is -0.207. The van der Waals surface area contributed by atoms with E-state index in [1.807, 2.05) is 0 Å². The molecule has 0 aromatic carbocycles. The van der Waals surface area contributed by atoms with E-state index in [9.17, 15) is 10.2 Å². The Labute approximate surface area is 120 Å². The number of anilines is 3. The van der Waals surface area contributed by atoms with E-state index >= 15 is 0 Å². The first-order valence-corrected chi connectivity index (χ1v) is 5.60. The van der Waals surface area contributed by atoms with Gasteiger partial charge in [0.25, 0.3) is 24.3 Å². The van der Waals surface area contributed by atoms with E-state index in [1.165, 1.54) is 33.5 Å². The zero-order valence-electron chi connectivity index (χ0n) is 12.3. The summed E-state index contributed by atoms with van der Waals surface area (Å²) in [6.45, 7) is 0. The maximum absolute atomic E-state index is 9.23. The number of aliphatic hydroxyl groups excluding tert-OH is 1. The molecule has 1 aromatic heterocycles. The summed E-state index contributed by atoms with van der Waals surface area (Å²) in [6, 6.07) is 0. The summed E-state index contributed by atoms with van der Waals surface area (Å²) < 4.78 is 0. The Morgan fingerprint density at radius 1 is 0.810 bits per heavy atom. The maximum atomic E-state index is 9.23. The highest BCUT2D eigenvalue weighted by molar-refractivity contribution is 5.41. The molecular formula is C9H18N6O6. The molecule has 1 rings (SSSR count). The van der Waals surface area contributed by atoms with Crippen LogP contribution in [0.25, 0.3) is 0 Å². The van der Waals surface area contributed by atoms with Crippen LogP contribution in [0.5, 0.6) is 0 Å². The van der Waals surface area contributed by atoms with Crippen LogP contribution in [0.3, 0.4) is 0 Å². The van der Waals surface area contributed by atoms with E-state index < -0.39 is 6.41 Å². The summed E-state index contributed by atoms with van der Waals surface area (Å²) in [4.78, 5) is 31.5. The lowest BCUT2D eigenvalue weighted by atomic mass is 10.7. The van der Waals surface area contributed by atoms with Crippen molar-refractivity contribution in [1.29, 1.82) is 0 Å². The van der Waals surface area contributed by atoms with Gasteiger partial charge in [0.1, 0.15) is 0 Å². The van der Waals surface area contributed by atoms with Gasteiger partial charge in [0.15, 0.2) is 0 Å². The van der Waals surface area contributed by atoms with Crippen LogP contribution in [0.2, 0.25) is 0 Å². The molecule has 0 fully saturated rings. The molecule has 0 amide bonds. The highest BCUT2D eigenvalue weighted by atomic mass is 16.9. The predicted molar refractivity (Wildman–Crippen MR) is 69.4 cm³/mol. The maximum Gasteiger partial charge on any atom is 0.284 e. The van der Waals surface area contributed by atoms with Gasteiger partial charge in [0.05, 0.1) is 28.4 Å². The molecular weight excluding hydrogens is 288 g/mol. The topological polar surface area (TPSA) is 126 Å². The first-order valence-electron chi connectivity index (χ1n) is 5.60. The quantitative estimate of drug-likeness (QED) is 0.425. The minimum atomic E-state index is -1.98. The van der Waals surface area contributed by atoms with Crippen molar-refractivity contribution in [3.8, 4) is 0 Å². The molecule has 0 aliphatic carbocycles. The van der Waals surface area contributed by atoms with Crippen LogP contribution in [-0.4, -0.2) is 67.1 Å². The Kier molecular flexibility index (Phi) is 6.41. The number of rotatable bonds is 8. The molecule has 2 N–H and O–H groups in total. The molecule has 120 valence electrons. The molecule has 0 aliphatic rings. The average Bonchev–Trinajstić information content (AvgIpc) is 2.48. The molecule has 0 atom stereocenters. The molecule has 21 heavy (non-hydrogen) atoms. The van der Waals surface area contributed by atoms with Crippen LogP contribution in [0.15, 0.2) is 0 Å². The van der Waals surface area contributed by atoms with Gasteiger partial charge in [-0.15, -0.1) is 0 Å². The van der Waals surface area contributed by atoms with Crippen molar-refractivity contribution < 1.29 is 29.6 Å². The summed E-state index contributed by atoms with van der Waals surface area (Å²) in [6.07, 6.45) is -1.98. The van der Waals surface area contributed by atoms with Crippen LogP contribution in [0.1, 0.15) is 0 Å². The van der Waals surface area contributed by atoms with Gasteiger partial charge in [-0.3, -0.25) is 9.68 Å². The zero-order valence-corrected chi connectivity index (χ0v) is 12.3. The molecule has 0 spiro atoms. The first-order chi connectivity index (χ1) is 9.98. The largest absolute Gasteiger partial charge is 0.350 e. The number of nitrogens with zero attached hydrogens (tertiary/aromatic N) is 6. The highest BCUT2D eigenvalue weighted by Gasteiger charge is 2.22. The Hall–Kier alpha value is -1.83. The molecule has 0 radical (unpaired) electrons. The van der Waals surface area contributed by atoms with Gasteiger partial charge >= 0.3 is 0 Å². The van der Waals surface area contributed by atoms with E-state index in [2.05, 4.69) is 15.0 Å². The minimum absolute atomic E-state index is 0.0549. The normalized spacial score (nSPS) is 10.9. The standard InChI is InChI=1S/C9H18N6O6/c1-13(18-2)6-10-7(14(19-3)9(16)17)12-8(11-6)15(20-4)21-5/h9,16-17H,1-5H3. The van der Waals surface area contributed by atoms with Crippen molar-refractivity contribution in [2.75, 3.05) is 50.8 Å². The molecule has 12 heteroatoms. The molecule has 1 aromatic rings. The molecule has 12 nitrogen and oxygen atoms in total. The van der Waals surface area contributed by atoms with Gasteiger partial charge < -0.3 is 10.2 Å². The van der Waals surface area contributed by atoms with E-state index in [-0.39, 0.29) is 17.8 Å². The van der Waals surface area contributed by atoms with Gasteiger partial charge in [-0.05, 0) is 0 Å². The number of aromatic nitrogens is 3. The average molecular weight is 306 g/mol. The highest BCUT2D eigenvalue weighted by Crippen LogP contribution is 2.19. The van der Waals surface area contributed by atoms with Crippen LogP contribution in [0.4, 0.5) is 17.8 Å². The van der Waals surface area contributed by atoms with Crippen molar-refractivity contribution >= 4 is 17.8 Å². The Morgan fingerprint density at radius 3 is 1.76 bits per heavy atom. The summed E-state index contributed by atoms with van der Waals surface area (Å²) in [7, 11) is 6.83. The lowest BCUT2D eigenvalue weighted by Gasteiger charge is -2.24. The lowest BCUT2D eigenvalue weighted by molar-refractivity contribution is -0.106. The van der Waals surface area contributed by atoms with Crippen LogP contribution in [0, 0.1) is 0 Å². The van der Waals surface area contributed by atoms with E-state index in [0.717, 1.165) is 5.23 Å². The smallest absolute Gasteiger partial charge is 0.284 e. The van der Waals surface area contributed by atoms with Gasteiger partial charge in [-0.1, -0.05) is 5.23 Å². The van der Waals surface area contributed by atoms with Crippen molar-refractivity contribution in [2.45, 2.75) is 6.41 Å². The van der Waals surface area contributed by atoms with E-state index in [0.29, 0.717) is 5.06 Å². The molecule has 0 aliphatic heterocycles. The van der Waals surface area contributed by atoms with Crippen molar-refractivity contribution in [3.05, 3.63) is 0 Å². The fraction of sp³-hybridized carbons (Fsp3) is 0.667. The summed E-state index contributed by atoms with van der Waals surface area (Å²) in [5.41, 5.74) is 0. The SMILES string of the molecule is CON(C)c1nc(N(OC)OC)nc(N(OC)C(O)O)n1. The molecule has 0 saturated carbocycles. The molecule has 0 unspecified atom stereocenters. The minimum Gasteiger partial charge on any atom is -0.350 e. The fourth-order valence-corrected chi connectivity index (χ4v) is 1.26. The monoisotopic (exact) mass is 306 g/mol. The number of hydrogen-bond donors (Lipinski definition) is 2. The number of hydroxylamine groups is 2. The van der Waals surface area contributed by atoms with E-state index in [4.69, 9.17) is 19.4 Å². The third-order valence-corrected chi connectivity index (χ3v) is 2.25. The molecule has 1 heterocycles. The second-order valence-electron chi connectivity index (χ2n) is 3.39. The van der Waals surface area contributed by atoms with E-state index in [1.54, 1.807) is 7.05 Å². The van der Waals surface area contributed by atoms with Gasteiger partial charge in [0.2, 0.25) is 0 Å². The van der Waals surface area contributed by atoms with Crippen LogP contribution < -0.4 is 15.4 Å². The van der Waals surface area contributed by atoms with Gasteiger partial charge in [0, 0.05) is 7.05 Å². The third kappa shape index (κ3) is 4.07. The van der Waals surface area contributed by atoms with Crippen molar-refractivity contribution in [1.82, 2.24) is 15.0 Å². The summed E-state index contributed by atoms with van der Waals surface area (Å²) >= 11 is 0.